The van der Waals surface area contributed by atoms with Crippen molar-refractivity contribution >= 4 is 27.3 Å². The molecule has 0 saturated heterocycles. The van der Waals surface area contributed by atoms with Gasteiger partial charge in [-0.15, -0.1) is 0 Å². The molecule has 0 aliphatic rings. The highest BCUT2D eigenvalue weighted by Gasteiger charge is 2.04. The van der Waals surface area contributed by atoms with Crippen LogP contribution in [0.25, 0.3) is 5.52 Å². The summed E-state index contributed by atoms with van der Waals surface area (Å²) in [5.41, 5.74) is 3.18. The molecule has 0 atom stereocenters. The molecule has 0 radical (unpaired) electrons. The van der Waals surface area contributed by atoms with Crippen molar-refractivity contribution < 1.29 is 0 Å². The summed E-state index contributed by atoms with van der Waals surface area (Å²) < 4.78 is 2.92. The summed E-state index contributed by atoms with van der Waals surface area (Å²) in [6.45, 7) is 2.71. The summed E-state index contributed by atoms with van der Waals surface area (Å²) in [6, 6.07) is 10.2. The van der Waals surface area contributed by atoms with Crippen molar-refractivity contribution in [2.75, 3.05) is 5.32 Å². The third-order valence-corrected chi connectivity index (χ3v) is 3.35. The van der Waals surface area contributed by atoms with Crippen LogP contribution >= 0.6 is 15.9 Å². The molecular formula is C14H13BrN4. The van der Waals surface area contributed by atoms with E-state index in [4.69, 9.17) is 0 Å². The summed E-state index contributed by atoms with van der Waals surface area (Å²) in [6.07, 6.45) is 3.61. The molecule has 1 N–H and O–H groups in total. The van der Waals surface area contributed by atoms with Crippen LogP contribution in [-0.4, -0.2) is 14.6 Å². The number of benzene rings is 1. The Balaban J connectivity index is 1.85. The highest BCUT2D eigenvalue weighted by atomic mass is 79.9. The molecule has 19 heavy (non-hydrogen) atoms. The molecule has 0 fully saturated rings. The topological polar surface area (TPSA) is 42.2 Å². The van der Waals surface area contributed by atoms with E-state index in [2.05, 4.69) is 43.5 Å². The van der Waals surface area contributed by atoms with E-state index < -0.39 is 0 Å². The molecule has 0 aliphatic carbocycles. The van der Waals surface area contributed by atoms with Gasteiger partial charge in [-0.25, -0.2) is 9.50 Å². The maximum absolute atomic E-state index is 4.37. The van der Waals surface area contributed by atoms with Crippen LogP contribution in [0.5, 0.6) is 0 Å². The minimum Gasteiger partial charge on any atom is -0.364 e. The van der Waals surface area contributed by atoms with Crippen molar-refractivity contribution in [3.8, 4) is 0 Å². The number of hydrogen-bond donors (Lipinski definition) is 1. The van der Waals surface area contributed by atoms with E-state index in [-0.39, 0.29) is 0 Å². The first-order chi connectivity index (χ1) is 9.22. The van der Waals surface area contributed by atoms with Gasteiger partial charge in [-0.3, -0.25) is 0 Å². The zero-order valence-corrected chi connectivity index (χ0v) is 12.1. The lowest BCUT2D eigenvalue weighted by atomic mass is 10.2. The highest BCUT2D eigenvalue weighted by Crippen LogP contribution is 2.17. The Kier molecular flexibility index (Phi) is 3.21. The Morgan fingerprint density at radius 3 is 3.05 bits per heavy atom. The molecule has 3 aromatic rings. The Hall–Kier alpha value is -1.88. The molecule has 0 saturated carbocycles. The lowest BCUT2D eigenvalue weighted by Gasteiger charge is -2.07. The van der Waals surface area contributed by atoms with Gasteiger partial charge in [-0.05, 0) is 30.7 Å². The fourth-order valence-electron chi connectivity index (χ4n) is 2.01. The number of fused-ring (bicyclic) bond motifs is 1. The van der Waals surface area contributed by atoms with Crippen LogP contribution < -0.4 is 5.32 Å². The molecule has 2 aromatic heterocycles. The molecule has 3 rings (SSSR count). The lowest BCUT2D eigenvalue weighted by Crippen LogP contribution is -2.03. The first-order valence-electron chi connectivity index (χ1n) is 6.02. The molecule has 0 amide bonds. The summed E-state index contributed by atoms with van der Waals surface area (Å²) in [7, 11) is 0. The summed E-state index contributed by atoms with van der Waals surface area (Å²) in [5, 5.41) is 7.72. The van der Waals surface area contributed by atoms with E-state index in [0.717, 1.165) is 28.0 Å². The zero-order chi connectivity index (χ0) is 13.2. The highest BCUT2D eigenvalue weighted by molar-refractivity contribution is 9.10. The number of aryl methyl sites for hydroxylation is 1. The van der Waals surface area contributed by atoms with E-state index in [1.165, 1.54) is 5.56 Å². The molecule has 0 aliphatic heterocycles. The van der Waals surface area contributed by atoms with Crippen molar-refractivity contribution in [1.82, 2.24) is 14.6 Å². The van der Waals surface area contributed by atoms with Crippen LogP contribution in [0.4, 0.5) is 5.82 Å². The smallest absolute Gasteiger partial charge is 0.152 e. The maximum atomic E-state index is 4.37. The van der Waals surface area contributed by atoms with Crippen molar-refractivity contribution in [2.45, 2.75) is 13.5 Å². The Morgan fingerprint density at radius 1 is 1.32 bits per heavy atom. The number of halogens is 1. The van der Waals surface area contributed by atoms with Gasteiger partial charge in [0.2, 0.25) is 0 Å². The Morgan fingerprint density at radius 2 is 2.21 bits per heavy atom. The van der Waals surface area contributed by atoms with Crippen molar-refractivity contribution in [3.05, 3.63) is 58.5 Å². The summed E-state index contributed by atoms with van der Waals surface area (Å²) >= 11 is 3.47. The van der Waals surface area contributed by atoms with E-state index in [9.17, 15) is 0 Å². The van der Waals surface area contributed by atoms with E-state index in [0.29, 0.717) is 0 Å². The SMILES string of the molecule is Cc1cc2c(NCc3cccc(Br)c3)nccn2n1. The maximum Gasteiger partial charge on any atom is 0.152 e. The average Bonchev–Trinajstić information content (AvgIpc) is 2.77. The van der Waals surface area contributed by atoms with Gasteiger partial charge in [0.25, 0.3) is 0 Å². The minimum atomic E-state index is 0.732. The molecule has 0 bridgehead atoms. The quantitative estimate of drug-likeness (QED) is 0.805. The van der Waals surface area contributed by atoms with Crippen LogP contribution in [0.3, 0.4) is 0 Å². The third-order valence-electron chi connectivity index (χ3n) is 2.86. The Bertz CT molecular complexity index is 720. The first-order valence-corrected chi connectivity index (χ1v) is 6.81. The zero-order valence-electron chi connectivity index (χ0n) is 10.5. The van der Waals surface area contributed by atoms with Crippen LogP contribution in [0.1, 0.15) is 11.3 Å². The van der Waals surface area contributed by atoms with Crippen molar-refractivity contribution in [1.29, 1.82) is 0 Å². The van der Waals surface area contributed by atoms with Crippen molar-refractivity contribution in [2.24, 2.45) is 0 Å². The largest absolute Gasteiger partial charge is 0.364 e. The number of aromatic nitrogens is 3. The Labute approximate surface area is 119 Å². The van der Waals surface area contributed by atoms with Gasteiger partial charge in [-0.1, -0.05) is 28.1 Å². The fourth-order valence-corrected chi connectivity index (χ4v) is 2.46. The number of nitrogens with zero attached hydrogens (tertiary/aromatic N) is 3. The minimum absolute atomic E-state index is 0.732. The van der Waals surface area contributed by atoms with Crippen LogP contribution in [0.2, 0.25) is 0 Å². The van der Waals surface area contributed by atoms with Crippen LogP contribution in [0, 0.1) is 6.92 Å². The molecule has 0 spiro atoms. The molecule has 5 heteroatoms. The second-order valence-electron chi connectivity index (χ2n) is 4.37. The van der Waals surface area contributed by atoms with Gasteiger partial charge in [0.15, 0.2) is 5.82 Å². The molecule has 0 unspecified atom stereocenters. The van der Waals surface area contributed by atoms with Gasteiger partial charge in [0, 0.05) is 23.4 Å². The van der Waals surface area contributed by atoms with Gasteiger partial charge in [-0.2, -0.15) is 5.10 Å². The van der Waals surface area contributed by atoms with Gasteiger partial charge in [0.05, 0.1) is 5.69 Å². The van der Waals surface area contributed by atoms with Gasteiger partial charge < -0.3 is 5.32 Å². The predicted molar refractivity (Wildman–Crippen MR) is 79.2 cm³/mol. The lowest BCUT2D eigenvalue weighted by molar-refractivity contribution is 0.920. The predicted octanol–water partition coefficient (Wildman–Crippen LogP) is 3.41. The van der Waals surface area contributed by atoms with E-state index in [1.54, 1.807) is 6.20 Å². The van der Waals surface area contributed by atoms with Gasteiger partial charge >= 0.3 is 0 Å². The number of anilines is 1. The normalized spacial score (nSPS) is 10.8. The average molecular weight is 317 g/mol. The number of hydrogen-bond acceptors (Lipinski definition) is 3. The molecule has 96 valence electrons. The molecule has 2 heterocycles. The summed E-state index contributed by atoms with van der Waals surface area (Å²) in [4.78, 5) is 4.37. The van der Waals surface area contributed by atoms with E-state index in [1.807, 2.05) is 35.8 Å². The van der Waals surface area contributed by atoms with Crippen LogP contribution in [-0.2, 0) is 6.54 Å². The second-order valence-corrected chi connectivity index (χ2v) is 5.29. The standard InChI is InChI=1S/C14H13BrN4/c1-10-7-13-14(16-5-6-19(13)18-10)17-9-11-3-2-4-12(15)8-11/h2-8H,9H2,1H3,(H,16,17). The van der Waals surface area contributed by atoms with Crippen molar-refractivity contribution in [3.63, 3.8) is 0 Å². The summed E-state index contributed by atoms with van der Waals surface area (Å²) in [5.74, 6) is 0.850. The first kappa shape index (κ1) is 12.2. The number of rotatable bonds is 3. The molecular weight excluding hydrogens is 304 g/mol. The second kappa shape index (κ2) is 5.01. The van der Waals surface area contributed by atoms with E-state index >= 15 is 0 Å². The third kappa shape index (κ3) is 2.61. The van der Waals surface area contributed by atoms with Gasteiger partial charge in [0.1, 0.15) is 5.52 Å². The number of nitrogens with one attached hydrogen (secondary N) is 1. The monoisotopic (exact) mass is 316 g/mol. The van der Waals surface area contributed by atoms with Crippen LogP contribution in [0.15, 0.2) is 47.2 Å². The molecule has 1 aromatic carbocycles. The molecule has 4 nitrogen and oxygen atoms in total. The fraction of sp³-hybridized carbons (Fsp3) is 0.143.